The second kappa shape index (κ2) is 8.81. The number of nitrogens with zero attached hydrogens (tertiary/aromatic N) is 3. The summed E-state index contributed by atoms with van der Waals surface area (Å²) in [5, 5.41) is 32.1. The maximum atomic E-state index is 13.5. The highest BCUT2D eigenvalue weighted by Gasteiger charge is 2.75. The van der Waals surface area contributed by atoms with Crippen LogP contribution in [0, 0.1) is 0 Å². The number of aliphatic imine (C=N–C) groups is 1. The Bertz CT molecular complexity index is 1310. The Kier molecular flexibility index (Phi) is 5.73. The van der Waals surface area contributed by atoms with E-state index in [-0.39, 0.29) is 55.6 Å². The molecular weight excluding hydrogens is 508 g/mol. The molecule has 5 heterocycles. The molecule has 0 radical (unpaired) electrons. The summed E-state index contributed by atoms with van der Waals surface area (Å²) in [5.41, 5.74) is 11.9. The van der Waals surface area contributed by atoms with E-state index < -0.39 is 35.5 Å². The molecule has 208 valence electrons. The topological polar surface area (TPSA) is 208 Å². The Labute approximate surface area is 224 Å². The molecule has 5 aliphatic rings. The van der Waals surface area contributed by atoms with Gasteiger partial charge in [0.05, 0.1) is 25.3 Å². The first-order chi connectivity index (χ1) is 18.6. The van der Waals surface area contributed by atoms with Crippen molar-refractivity contribution < 1.29 is 33.9 Å². The predicted molar refractivity (Wildman–Crippen MR) is 136 cm³/mol. The Balaban J connectivity index is 1.31. The maximum Gasteiger partial charge on any atom is 0.346 e. The van der Waals surface area contributed by atoms with Crippen LogP contribution >= 0.6 is 0 Å². The van der Waals surface area contributed by atoms with Crippen molar-refractivity contribution in [2.75, 3.05) is 19.7 Å². The molecule has 6 rings (SSSR count). The van der Waals surface area contributed by atoms with E-state index in [1.54, 1.807) is 12.1 Å². The van der Waals surface area contributed by atoms with Crippen LogP contribution in [0.25, 0.3) is 0 Å². The van der Waals surface area contributed by atoms with Crippen molar-refractivity contribution in [3.05, 3.63) is 29.3 Å². The van der Waals surface area contributed by atoms with Gasteiger partial charge >= 0.3 is 5.96 Å². The molecule has 1 aromatic carbocycles. The molecule has 2 unspecified atom stereocenters. The van der Waals surface area contributed by atoms with E-state index in [0.29, 0.717) is 17.9 Å². The molecule has 0 bridgehead atoms. The number of benzene rings is 1. The Morgan fingerprint density at radius 2 is 2.03 bits per heavy atom. The summed E-state index contributed by atoms with van der Waals surface area (Å²) in [7, 11) is 0. The summed E-state index contributed by atoms with van der Waals surface area (Å²) in [6, 6.07) is 2.41. The van der Waals surface area contributed by atoms with E-state index in [1.165, 1.54) is 4.58 Å². The van der Waals surface area contributed by atoms with E-state index >= 15 is 0 Å². The molecule has 39 heavy (non-hydrogen) atoms. The molecule has 14 nitrogen and oxygen atoms in total. The van der Waals surface area contributed by atoms with Crippen molar-refractivity contribution in [2.45, 2.75) is 68.1 Å². The number of nitrogens with two attached hydrogens (primary N) is 2. The van der Waals surface area contributed by atoms with E-state index in [0.717, 1.165) is 23.3 Å². The third-order valence-corrected chi connectivity index (χ3v) is 8.64. The van der Waals surface area contributed by atoms with Gasteiger partial charge in [-0.15, -0.1) is 0 Å². The number of carbonyl (C=O) groups is 3. The van der Waals surface area contributed by atoms with Crippen LogP contribution < -0.4 is 32.2 Å². The zero-order chi connectivity index (χ0) is 27.7. The molecule has 1 spiro atoms. The van der Waals surface area contributed by atoms with Crippen molar-refractivity contribution in [1.29, 1.82) is 0 Å². The predicted octanol–water partition coefficient (Wildman–Crippen LogP) is -2.81. The van der Waals surface area contributed by atoms with Crippen LogP contribution in [0.2, 0.25) is 0 Å². The third kappa shape index (κ3) is 3.58. The first kappa shape index (κ1) is 25.4. The highest BCUT2D eigenvalue weighted by Crippen LogP contribution is 2.42. The molecule has 5 atom stereocenters. The van der Waals surface area contributed by atoms with Gasteiger partial charge in [0.15, 0.2) is 5.96 Å². The number of rotatable bonds is 5. The van der Waals surface area contributed by atoms with Crippen molar-refractivity contribution in [2.24, 2.45) is 16.5 Å². The largest absolute Gasteiger partial charge is 0.492 e. The van der Waals surface area contributed by atoms with Crippen LogP contribution in [0.5, 0.6) is 5.75 Å². The number of aliphatic hydroxyl groups is 2. The van der Waals surface area contributed by atoms with Gasteiger partial charge in [-0.25, -0.2) is 9.57 Å². The number of amides is 3. The summed E-state index contributed by atoms with van der Waals surface area (Å²) < 4.78 is 7.35. The molecule has 0 saturated carbocycles. The lowest BCUT2D eigenvalue weighted by Gasteiger charge is -2.44. The molecule has 3 amide bonds. The normalized spacial score (nSPS) is 32.5. The van der Waals surface area contributed by atoms with Gasteiger partial charge in [0.25, 0.3) is 5.91 Å². The smallest absolute Gasteiger partial charge is 0.346 e. The second-order valence-electron chi connectivity index (χ2n) is 10.7. The number of fused-ring (bicyclic) bond motifs is 1. The van der Waals surface area contributed by atoms with Crippen molar-refractivity contribution >= 4 is 29.6 Å². The Hall–Kier alpha value is -3.91. The molecule has 2 saturated heterocycles. The minimum atomic E-state index is -2.62. The zero-order valence-electron chi connectivity index (χ0n) is 21.5. The van der Waals surface area contributed by atoms with Gasteiger partial charge < -0.3 is 31.3 Å². The molecular formula is C25H33N8O6+. The first-order valence-electron chi connectivity index (χ1n) is 13.2. The van der Waals surface area contributed by atoms with Crippen LogP contribution in [-0.2, 0) is 9.59 Å². The fourth-order valence-corrected chi connectivity index (χ4v) is 6.67. The Morgan fingerprint density at radius 3 is 2.74 bits per heavy atom. The molecule has 2 fully saturated rings. The summed E-state index contributed by atoms with van der Waals surface area (Å²) >= 11 is 0. The van der Waals surface area contributed by atoms with Crippen molar-refractivity contribution in [3.63, 3.8) is 0 Å². The maximum absolute atomic E-state index is 13.5. The standard InChI is InChI=1S/C25H32N8O6/c1-2-12-8-9-39-19-13(12)4-3-5-14(19)21(36)29-16-11-33-23(27)28-15(10-32-17(34)6-7-18(32)35)20-24(33,25(16,37)38)31-22(26)30-20/h3-5,12,15-16,20,37-38H,2,6-11H2,1H3,(H6,26,27,28,29,30,31,36)/p+1/t12?,15-,16?,20-,24-/m0/s1. The second-order valence-corrected chi connectivity index (χ2v) is 10.7. The van der Waals surface area contributed by atoms with E-state index in [9.17, 15) is 24.6 Å². The number of guanidine groups is 2. The number of carbonyl (C=O) groups excluding carboxylic acids is 3. The fourth-order valence-electron chi connectivity index (χ4n) is 6.67. The third-order valence-electron chi connectivity index (χ3n) is 8.64. The Morgan fingerprint density at radius 1 is 1.28 bits per heavy atom. The van der Waals surface area contributed by atoms with Crippen LogP contribution in [0.3, 0.4) is 0 Å². The minimum Gasteiger partial charge on any atom is -0.492 e. The van der Waals surface area contributed by atoms with Gasteiger partial charge in [0.2, 0.25) is 23.3 Å². The van der Waals surface area contributed by atoms with Crippen LogP contribution in [0.4, 0.5) is 0 Å². The summed E-state index contributed by atoms with van der Waals surface area (Å²) in [6.07, 6.45) is 1.99. The molecule has 5 aliphatic heterocycles. The molecule has 9 N–H and O–H groups in total. The van der Waals surface area contributed by atoms with Gasteiger partial charge in [-0.1, -0.05) is 19.1 Å². The lowest BCUT2D eigenvalue weighted by molar-refractivity contribution is -0.623. The molecule has 0 aliphatic carbocycles. The quantitative estimate of drug-likeness (QED) is 0.116. The van der Waals surface area contributed by atoms with Gasteiger partial charge in [-0.2, -0.15) is 0 Å². The van der Waals surface area contributed by atoms with Crippen LogP contribution in [-0.4, -0.2) is 98.6 Å². The number of para-hydroxylation sites is 1. The van der Waals surface area contributed by atoms with Crippen molar-refractivity contribution in [3.8, 4) is 5.75 Å². The minimum absolute atomic E-state index is 0.0585. The highest BCUT2D eigenvalue weighted by atomic mass is 16.5. The van der Waals surface area contributed by atoms with Gasteiger partial charge in [-0.3, -0.25) is 30.3 Å². The van der Waals surface area contributed by atoms with Crippen LogP contribution in [0.15, 0.2) is 23.2 Å². The fraction of sp³-hybridized carbons (Fsp3) is 0.560. The highest BCUT2D eigenvalue weighted by molar-refractivity contribution is 6.02. The average Bonchev–Trinajstić information content (AvgIpc) is 3.50. The van der Waals surface area contributed by atoms with E-state index in [1.807, 2.05) is 6.07 Å². The lowest BCUT2D eigenvalue weighted by atomic mass is 9.85. The number of imide groups is 1. The van der Waals surface area contributed by atoms with Crippen LogP contribution in [0.1, 0.15) is 54.4 Å². The lowest BCUT2D eigenvalue weighted by Crippen LogP contribution is -2.79. The van der Waals surface area contributed by atoms with Gasteiger partial charge in [-0.05, 0) is 30.4 Å². The number of nitrogens with one attached hydrogen (secondary N) is 3. The van der Waals surface area contributed by atoms with E-state index in [2.05, 4.69) is 27.9 Å². The monoisotopic (exact) mass is 541 g/mol. The van der Waals surface area contributed by atoms with Gasteiger partial charge in [0, 0.05) is 12.8 Å². The zero-order valence-corrected chi connectivity index (χ0v) is 21.5. The van der Waals surface area contributed by atoms with Crippen molar-refractivity contribution in [1.82, 2.24) is 20.9 Å². The van der Waals surface area contributed by atoms with Gasteiger partial charge in [0.1, 0.15) is 23.9 Å². The number of hydrogen-bond acceptors (Lipinski definition) is 11. The summed E-state index contributed by atoms with van der Waals surface area (Å²) in [6.45, 7) is 2.40. The number of likely N-dealkylation sites (tertiary alicyclic amines) is 1. The molecule has 1 aromatic rings. The molecule has 0 aromatic heterocycles. The molecule has 14 heteroatoms. The number of hydrogen-bond donors (Lipinski definition) is 7. The average molecular weight is 542 g/mol. The SMILES string of the molecule is CCC1CCOc2c(C(=O)NC3C[N+]4=C(N)N[C@@H](CN5C(=O)CCC5=O)[C@@H]5N=C(N)N[C@@]54C3(O)O)cccc21. The first-order valence-corrected chi connectivity index (χ1v) is 13.2. The number of ether oxygens (including phenoxy) is 1. The summed E-state index contributed by atoms with van der Waals surface area (Å²) in [4.78, 5) is 43.6. The van der Waals surface area contributed by atoms with E-state index in [4.69, 9.17) is 16.2 Å². The summed E-state index contributed by atoms with van der Waals surface area (Å²) in [5.74, 6) is -3.04.